The molecule has 1 atom stereocenters. The summed E-state index contributed by atoms with van der Waals surface area (Å²) >= 11 is 0. The number of pyridine rings is 1. The van der Waals surface area contributed by atoms with Crippen LogP contribution in [0.2, 0.25) is 0 Å². The first-order chi connectivity index (χ1) is 11.3. The van der Waals surface area contributed by atoms with Gasteiger partial charge in [0, 0.05) is 41.9 Å². The van der Waals surface area contributed by atoms with E-state index in [1.54, 1.807) is 6.20 Å². The zero-order valence-corrected chi connectivity index (χ0v) is 14.5. The van der Waals surface area contributed by atoms with E-state index in [-0.39, 0.29) is 6.04 Å². The highest BCUT2D eigenvalue weighted by atomic mass is 16.6. The Balaban J connectivity index is 1.83. The van der Waals surface area contributed by atoms with Gasteiger partial charge in [0.15, 0.2) is 0 Å². The van der Waals surface area contributed by atoms with Crippen LogP contribution in [0, 0.1) is 0 Å². The van der Waals surface area contributed by atoms with Gasteiger partial charge in [0.05, 0.1) is 5.52 Å². The van der Waals surface area contributed by atoms with E-state index in [0.717, 1.165) is 16.3 Å². The molecule has 0 bridgehead atoms. The summed E-state index contributed by atoms with van der Waals surface area (Å²) < 4.78 is 7.47. The molecule has 0 aliphatic heterocycles. The quantitative estimate of drug-likeness (QED) is 0.788. The lowest BCUT2D eigenvalue weighted by atomic mass is 10.1. The Morgan fingerprint density at radius 2 is 2.00 bits per heavy atom. The SMILES string of the molecule is C[C@@H](Cn1ccc2ccc3ccncc3c21)NC(=O)OC(C)(C)C. The van der Waals surface area contributed by atoms with Crippen molar-refractivity contribution in [1.82, 2.24) is 14.9 Å². The number of aromatic nitrogens is 2. The number of fused-ring (bicyclic) bond motifs is 3. The van der Waals surface area contributed by atoms with E-state index in [0.29, 0.717) is 6.54 Å². The first-order valence-corrected chi connectivity index (χ1v) is 8.14. The monoisotopic (exact) mass is 325 g/mol. The van der Waals surface area contributed by atoms with Gasteiger partial charge in [0.25, 0.3) is 0 Å². The minimum absolute atomic E-state index is 0.0534. The van der Waals surface area contributed by atoms with Crippen molar-refractivity contribution in [2.24, 2.45) is 0 Å². The van der Waals surface area contributed by atoms with Crippen molar-refractivity contribution >= 4 is 27.8 Å². The fraction of sp³-hybridized carbons (Fsp3) is 0.368. The van der Waals surface area contributed by atoms with Gasteiger partial charge in [-0.25, -0.2) is 4.79 Å². The maximum absolute atomic E-state index is 11.9. The van der Waals surface area contributed by atoms with Gasteiger partial charge < -0.3 is 14.6 Å². The Labute approximate surface area is 141 Å². The van der Waals surface area contributed by atoms with Crippen LogP contribution in [0.15, 0.2) is 42.9 Å². The van der Waals surface area contributed by atoms with Gasteiger partial charge in [-0.2, -0.15) is 0 Å². The van der Waals surface area contributed by atoms with Crippen molar-refractivity contribution in [3.63, 3.8) is 0 Å². The van der Waals surface area contributed by atoms with Gasteiger partial charge in [-0.05, 0) is 45.2 Å². The number of carbonyl (C=O) groups excluding carboxylic acids is 1. The zero-order chi connectivity index (χ0) is 17.3. The van der Waals surface area contributed by atoms with Gasteiger partial charge >= 0.3 is 6.09 Å². The summed E-state index contributed by atoms with van der Waals surface area (Å²) in [6.45, 7) is 8.21. The van der Waals surface area contributed by atoms with Crippen LogP contribution in [-0.2, 0) is 11.3 Å². The summed E-state index contributed by atoms with van der Waals surface area (Å²) in [5, 5.41) is 6.33. The molecule has 0 spiro atoms. The summed E-state index contributed by atoms with van der Waals surface area (Å²) in [5.41, 5.74) is 0.643. The number of benzene rings is 1. The Morgan fingerprint density at radius 3 is 2.75 bits per heavy atom. The first kappa shape index (κ1) is 16.3. The number of ether oxygens (including phenoxy) is 1. The van der Waals surface area contributed by atoms with Crippen LogP contribution in [0.4, 0.5) is 4.79 Å². The number of hydrogen-bond acceptors (Lipinski definition) is 3. The maximum Gasteiger partial charge on any atom is 0.407 e. The standard InChI is InChI=1S/C19H23N3O2/c1-13(21-18(23)24-19(2,3)4)12-22-10-8-15-6-5-14-7-9-20-11-16(14)17(15)22/h5-11,13H,12H2,1-4H3,(H,21,23)/t13-/m0/s1. The molecule has 0 saturated carbocycles. The molecule has 0 unspecified atom stereocenters. The normalized spacial score (nSPS) is 13.2. The highest BCUT2D eigenvalue weighted by Crippen LogP contribution is 2.25. The number of hydrogen-bond donors (Lipinski definition) is 1. The number of rotatable bonds is 3. The van der Waals surface area contributed by atoms with E-state index in [2.05, 4.69) is 33.1 Å². The molecule has 3 aromatic rings. The average Bonchev–Trinajstić information content (AvgIpc) is 2.88. The molecule has 1 N–H and O–H groups in total. The van der Waals surface area contributed by atoms with Crippen molar-refractivity contribution in [3.05, 3.63) is 42.9 Å². The fourth-order valence-electron chi connectivity index (χ4n) is 2.86. The predicted octanol–water partition coefficient (Wildman–Crippen LogP) is 4.10. The minimum atomic E-state index is -0.494. The summed E-state index contributed by atoms with van der Waals surface area (Å²) in [6.07, 6.45) is 5.34. The van der Waals surface area contributed by atoms with Crippen LogP contribution >= 0.6 is 0 Å². The molecule has 126 valence electrons. The van der Waals surface area contributed by atoms with Crippen LogP contribution in [0.25, 0.3) is 21.7 Å². The third-order valence-corrected chi connectivity index (χ3v) is 3.78. The smallest absolute Gasteiger partial charge is 0.407 e. The topological polar surface area (TPSA) is 56.2 Å². The predicted molar refractivity (Wildman–Crippen MR) is 96.1 cm³/mol. The van der Waals surface area contributed by atoms with E-state index in [1.807, 2.05) is 46.2 Å². The van der Waals surface area contributed by atoms with Gasteiger partial charge in [-0.1, -0.05) is 12.1 Å². The molecule has 1 aromatic carbocycles. The first-order valence-electron chi connectivity index (χ1n) is 8.14. The molecular weight excluding hydrogens is 302 g/mol. The molecule has 0 radical (unpaired) electrons. The molecule has 0 aliphatic rings. The van der Waals surface area contributed by atoms with Crippen LogP contribution in [0.1, 0.15) is 27.7 Å². The van der Waals surface area contributed by atoms with E-state index in [9.17, 15) is 4.79 Å². The van der Waals surface area contributed by atoms with Gasteiger partial charge in [-0.15, -0.1) is 0 Å². The molecule has 5 heteroatoms. The lowest BCUT2D eigenvalue weighted by molar-refractivity contribution is 0.0504. The minimum Gasteiger partial charge on any atom is -0.444 e. The van der Waals surface area contributed by atoms with Gasteiger partial charge in [0.1, 0.15) is 5.60 Å². The Kier molecular flexibility index (Phi) is 4.18. The van der Waals surface area contributed by atoms with Crippen molar-refractivity contribution in [3.8, 4) is 0 Å². The second-order valence-electron chi connectivity index (χ2n) is 7.12. The van der Waals surface area contributed by atoms with Crippen molar-refractivity contribution in [2.75, 3.05) is 0 Å². The molecule has 3 rings (SSSR count). The second-order valence-corrected chi connectivity index (χ2v) is 7.12. The summed E-state index contributed by atoms with van der Waals surface area (Å²) in [6, 6.07) is 8.25. The third-order valence-electron chi connectivity index (χ3n) is 3.78. The average molecular weight is 325 g/mol. The van der Waals surface area contributed by atoms with E-state index in [1.165, 1.54) is 5.39 Å². The maximum atomic E-state index is 11.9. The van der Waals surface area contributed by atoms with Crippen LogP contribution < -0.4 is 5.32 Å². The Morgan fingerprint density at radius 1 is 1.25 bits per heavy atom. The van der Waals surface area contributed by atoms with Crippen LogP contribution in [0.3, 0.4) is 0 Å². The van der Waals surface area contributed by atoms with Crippen molar-refractivity contribution < 1.29 is 9.53 Å². The number of carbonyl (C=O) groups is 1. The Hall–Kier alpha value is -2.56. The molecule has 0 saturated heterocycles. The van der Waals surface area contributed by atoms with E-state index >= 15 is 0 Å². The second kappa shape index (κ2) is 6.15. The number of alkyl carbamates (subject to hydrolysis) is 1. The molecule has 2 heterocycles. The number of amides is 1. The summed E-state index contributed by atoms with van der Waals surface area (Å²) in [5.74, 6) is 0. The largest absolute Gasteiger partial charge is 0.444 e. The molecule has 24 heavy (non-hydrogen) atoms. The third kappa shape index (κ3) is 3.50. The number of nitrogens with one attached hydrogen (secondary N) is 1. The van der Waals surface area contributed by atoms with Crippen LogP contribution in [0.5, 0.6) is 0 Å². The molecule has 0 fully saturated rings. The summed E-state index contributed by atoms with van der Waals surface area (Å²) in [7, 11) is 0. The van der Waals surface area contributed by atoms with E-state index in [4.69, 9.17) is 4.74 Å². The lowest BCUT2D eigenvalue weighted by Gasteiger charge is -2.22. The fourth-order valence-corrected chi connectivity index (χ4v) is 2.86. The lowest BCUT2D eigenvalue weighted by Crippen LogP contribution is -2.39. The van der Waals surface area contributed by atoms with Gasteiger partial charge in [-0.3, -0.25) is 4.98 Å². The van der Waals surface area contributed by atoms with Crippen molar-refractivity contribution in [1.29, 1.82) is 0 Å². The van der Waals surface area contributed by atoms with Crippen LogP contribution in [-0.4, -0.2) is 27.3 Å². The van der Waals surface area contributed by atoms with E-state index < -0.39 is 11.7 Å². The molecule has 5 nitrogen and oxygen atoms in total. The van der Waals surface area contributed by atoms with Gasteiger partial charge in [0.2, 0.25) is 0 Å². The summed E-state index contributed by atoms with van der Waals surface area (Å²) in [4.78, 5) is 16.2. The Bertz CT molecular complexity index is 877. The molecular formula is C19H23N3O2. The number of nitrogens with zero attached hydrogens (tertiary/aromatic N) is 2. The molecule has 2 aromatic heterocycles. The highest BCUT2D eigenvalue weighted by Gasteiger charge is 2.18. The highest BCUT2D eigenvalue weighted by molar-refractivity contribution is 6.05. The molecule has 1 amide bonds. The van der Waals surface area contributed by atoms with Crippen molar-refractivity contribution in [2.45, 2.75) is 45.9 Å². The zero-order valence-electron chi connectivity index (χ0n) is 14.5. The molecule has 0 aliphatic carbocycles.